The van der Waals surface area contributed by atoms with Gasteiger partial charge in [-0.05, 0) is 26.3 Å². The highest BCUT2D eigenvalue weighted by atomic mass is 16.5. The van der Waals surface area contributed by atoms with E-state index in [4.69, 9.17) is 9.47 Å². The molecule has 1 rings (SSSR count). The van der Waals surface area contributed by atoms with Crippen LogP contribution in [-0.2, 0) is 9.47 Å². The second kappa shape index (κ2) is 5.51. The normalized spacial score (nSPS) is 29.5. The molecule has 0 spiro atoms. The fraction of sp³-hybridized carbons (Fsp3) is 1.00. The van der Waals surface area contributed by atoms with E-state index in [2.05, 4.69) is 5.32 Å². The molecule has 2 unspecified atom stereocenters. The number of ether oxygens (including phenoxy) is 2. The molecule has 1 fully saturated rings. The maximum atomic E-state index is 5.66. The van der Waals surface area contributed by atoms with E-state index in [1.165, 1.54) is 19.3 Å². The van der Waals surface area contributed by atoms with Crippen LogP contribution in [0.25, 0.3) is 0 Å². The lowest BCUT2D eigenvalue weighted by Gasteiger charge is -2.19. The molecule has 0 aromatic rings. The zero-order valence-electron chi connectivity index (χ0n) is 8.01. The van der Waals surface area contributed by atoms with Crippen molar-refractivity contribution in [2.45, 2.75) is 31.4 Å². The second-order valence-electron chi connectivity index (χ2n) is 3.23. The average Bonchev–Trinajstić information content (AvgIpc) is 2.52. The van der Waals surface area contributed by atoms with E-state index in [9.17, 15) is 0 Å². The number of hydrogen-bond donors (Lipinski definition) is 1. The molecular weight excluding hydrogens is 154 g/mol. The molecule has 0 aromatic heterocycles. The minimum absolute atomic E-state index is 0.408. The van der Waals surface area contributed by atoms with Gasteiger partial charge in [-0.25, -0.2) is 0 Å². The molecule has 0 aromatic carbocycles. The first-order valence-corrected chi connectivity index (χ1v) is 4.66. The quantitative estimate of drug-likeness (QED) is 0.623. The van der Waals surface area contributed by atoms with Crippen LogP contribution in [0.5, 0.6) is 0 Å². The summed E-state index contributed by atoms with van der Waals surface area (Å²) in [5.74, 6) is 0. The van der Waals surface area contributed by atoms with Crippen molar-refractivity contribution in [3.8, 4) is 0 Å². The molecule has 1 aliphatic rings. The van der Waals surface area contributed by atoms with E-state index in [-0.39, 0.29) is 0 Å². The minimum Gasteiger partial charge on any atom is -0.382 e. The van der Waals surface area contributed by atoms with Crippen LogP contribution in [-0.4, -0.2) is 39.5 Å². The average molecular weight is 173 g/mol. The summed E-state index contributed by atoms with van der Waals surface area (Å²) in [5, 5.41) is 3.28. The monoisotopic (exact) mass is 173 g/mol. The highest BCUT2D eigenvalue weighted by Crippen LogP contribution is 2.21. The van der Waals surface area contributed by atoms with Gasteiger partial charge in [0.15, 0.2) is 0 Å². The number of hydrogen-bond acceptors (Lipinski definition) is 3. The fourth-order valence-corrected chi connectivity index (χ4v) is 1.74. The molecule has 0 radical (unpaired) electrons. The Morgan fingerprint density at radius 2 is 2.17 bits per heavy atom. The van der Waals surface area contributed by atoms with Gasteiger partial charge in [-0.2, -0.15) is 0 Å². The molecule has 1 N–H and O–H groups in total. The summed E-state index contributed by atoms with van der Waals surface area (Å²) in [4.78, 5) is 0. The van der Waals surface area contributed by atoms with Crippen LogP contribution in [0.1, 0.15) is 19.3 Å². The van der Waals surface area contributed by atoms with E-state index >= 15 is 0 Å². The fourth-order valence-electron chi connectivity index (χ4n) is 1.74. The Balaban J connectivity index is 2.12. The SMILES string of the molecule is CNC1CCCC1OCCOC. The first-order chi connectivity index (χ1) is 5.88. The van der Waals surface area contributed by atoms with Crippen LogP contribution in [0.4, 0.5) is 0 Å². The molecule has 1 aliphatic carbocycles. The molecule has 12 heavy (non-hydrogen) atoms. The zero-order chi connectivity index (χ0) is 8.81. The summed E-state index contributed by atoms with van der Waals surface area (Å²) in [6, 6.07) is 0.557. The molecule has 3 heteroatoms. The van der Waals surface area contributed by atoms with Crippen LogP contribution in [0, 0.1) is 0 Å². The highest BCUT2D eigenvalue weighted by Gasteiger charge is 2.25. The smallest absolute Gasteiger partial charge is 0.0729 e. The molecule has 1 saturated carbocycles. The van der Waals surface area contributed by atoms with Crippen molar-refractivity contribution in [1.82, 2.24) is 5.32 Å². The van der Waals surface area contributed by atoms with Crippen LogP contribution < -0.4 is 5.32 Å². The van der Waals surface area contributed by atoms with Gasteiger partial charge in [0.1, 0.15) is 0 Å². The molecule has 3 nitrogen and oxygen atoms in total. The van der Waals surface area contributed by atoms with Gasteiger partial charge in [0, 0.05) is 13.2 Å². The van der Waals surface area contributed by atoms with Crippen molar-refractivity contribution in [2.24, 2.45) is 0 Å². The Hall–Kier alpha value is -0.120. The van der Waals surface area contributed by atoms with E-state index < -0.39 is 0 Å². The maximum absolute atomic E-state index is 5.66. The summed E-state index contributed by atoms with van der Waals surface area (Å²) in [7, 11) is 3.70. The largest absolute Gasteiger partial charge is 0.382 e. The Kier molecular flexibility index (Phi) is 4.58. The molecule has 0 saturated heterocycles. The number of rotatable bonds is 5. The van der Waals surface area contributed by atoms with Gasteiger partial charge in [0.05, 0.1) is 19.3 Å². The van der Waals surface area contributed by atoms with E-state index in [1.807, 2.05) is 7.05 Å². The van der Waals surface area contributed by atoms with Gasteiger partial charge < -0.3 is 14.8 Å². The summed E-state index contributed by atoms with van der Waals surface area (Å²) < 4.78 is 10.6. The Morgan fingerprint density at radius 3 is 2.83 bits per heavy atom. The van der Waals surface area contributed by atoms with Gasteiger partial charge >= 0.3 is 0 Å². The molecular formula is C9H19NO2. The second-order valence-corrected chi connectivity index (χ2v) is 3.23. The van der Waals surface area contributed by atoms with Gasteiger partial charge in [0.2, 0.25) is 0 Å². The molecule has 0 bridgehead atoms. The predicted molar refractivity (Wildman–Crippen MR) is 48.3 cm³/mol. The van der Waals surface area contributed by atoms with Crippen molar-refractivity contribution >= 4 is 0 Å². The van der Waals surface area contributed by atoms with Crippen molar-refractivity contribution < 1.29 is 9.47 Å². The van der Waals surface area contributed by atoms with Crippen molar-refractivity contribution in [3.63, 3.8) is 0 Å². The third-order valence-electron chi connectivity index (χ3n) is 2.44. The van der Waals surface area contributed by atoms with Gasteiger partial charge in [0.25, 0.3) is 0 Å². The molecule has 72 valence electrons. The standard InChI is InChI=1S/C9H19NO2/c1-10-8-4-3-5-9(8)12-7-6-11-2/h8-10H,3-7H2,1-2H3. The first kappa shape index (κ1) is 9.96. The third kappa shape index (κ3) is 2.73. The highest BCUT2D eigenvalue weighted by molar-refractivity contribution is 4.82. The lowest BCUT2D eigenvalue weighted by atomic mass is 10.2. The topological polar surface area (TPSA) is 30.5 Å². The van der Waals surface area contributed by atoms with E-state index in [0.717, 1.165) is 6.61 Å². The first-order valence-electron chi connectivity index (χ1n) is 4.66. The van der Waals surface area contributed by atoms with Crippen molar-refractivity contribution in [2.75, 3.05) is 27.4 Å². The Bertz CT molecular complexity index is 119. The summed E-state index contributed by atoms with van der Waals surface area (Å²) in [5.41, 5.74) is 0. The lowest BCUT2D eigenvalue weighted by Crippen LogP contribution is -2.35. The zero-order valence-corrected chi connectivity index (χ0v) is 8.01. The number of nitrogens with one attached hydrogen (secondary N) is 1. The molecule has 0 aliphatic heterocycles. The van der Waals surface area contributed by atoms with Crippen LogP contribution in [0.2, 0.25) is 0 Å². The predicted octanol–water partition coefficient (Wildman–Crippen LogP) is 0.790. The Morgan fingerprint density at radius 1 is 1.33 bits per heavy atom. The van der Waals surface area contributed by atoms with E-state index in [0.29, 0.717) is 18.8 Å². The molecule has 2 atom stereocenters. The van der Waals surface area contributed by atoms with Crippen LogP contribution in [0.3, 0.4) is 0 Å². The van der Waals surface area contributed by atoms with Crippen LogP contribution >= 0.6 is 0 Å². The number of likely N-dealkylation sites (N-methyl/N-ethyl adjacent to an activating group) is 1. The summed E-state index contributed by atoms with van der Waals surface area (Å²) >= 11 is 0. The molecule has 0 amide bonds. The van der Waals surface area contributed by atoms with Gasteiger partial charge in [-0.15, -0.1) is 0 Å². The lowest BCUT2D eigenvalue weighted by molar-refractivity contribution is 0.00941. The Labute approximate surface area is 74.4 Å². The molecule has 0 heterocycles. The third-order valence-corrected chi connectivity index (χ3v) is 2.44. The van der Waals surface area contributed by atoms with Crippen LogP contribution in [0.15, 0.2) is 0 Å². The number of methoxy groups -OCH3 is 1. The van der Waals surface area contributed by atoms with Crippen molar-refractivity contribution in [3.05, 3.63) is 0 Å². The minimum atomic E-state index is 0.408. The van der Waals surface area contributed by atoms with Crippen molar-refractivity contribution in [1.29, 1.82) is 0 Å². The summed E-state index contributed by atoms with van der Waals surface area (Å²) in [6.07, 6.45) is 4.12. The van der Waals surface area contributed by atoms with E-state index in [1.54, 1.807) is 7.11 Å². The van der Waals surface area contributed by atoms with Gasteiger partial charge in [-0.3, -0.25) is 0 Å². The summed E-state index contributed by atoms with van der Waals surface area (Å²) in [6.45, 7) is 1.42. The maximum Gasteiger partial charge on any atom is 0.0729 e. The van der Waals surface area contributed by atoms with Gasteiger partial charge in [-0.1, -0.05) is 0 Å².